The highest BCUT2D eigenvalue weighted by molar-refractivity contribution is 5.95. The maximum Gasteiger partial charge on any atom is 0.351 e. The highest BCUT2D eigenvalue weighted by Gasteiger charge is 2.30. The lowest BCUT2D eigenvalue weighted by molar-refractivity contribution is -0.139. The Hall–Kier alpha value is -3.62. The van der Waals surface area contributed by atoms with Gasteiger partial charge in [-0.2, -0.15) is 0 Å². The largest absolute Gasteiger partial charge is 0.463 e. The van der Waals surface area contributed by atoms with Crippen LogP contribution in [0.2, 0.25) is 0 Å². The fraction of sp³-hybridized carbons (Fsp3) is 0.263. The van der Waals surface area contributed by atoms with Crippen molar-refractivity contribution in [3.63, 3.8) is 0 Å². The third-order valence-electron chi connectivity index (χ3n) is 4.07. The number of nitrogens with one attached hydrogen (secondary N) is 2. The highest BCUT2D eigenvalue weighted by Crippen LogP contribution is 2.16. The van der Waals surface area contributed by atoms with E-state index in [1.54, 1.807) is 38.1 Å². The predicted molar refractivity (Wildman–Crippen MR) is 97.6 cm³/mol. The van der Waals surface area contributed by atoms with Gasteiger partial charge in [-0.05, 0) is 26.0 Å². The fourth-order valence-corrected chi connectivity index (χ4v) is 2.81. The molecule has 28 heavy (non-hydrogen) atoms. The van der Waals surface area contributed by atoms with Crippen molar-refractivity contribution < 1.29 is 28.3 Å². The number of benzene rings is 1. The van der Waals surface area contributed by atoms with Gasteiger partial charge in [-0.1, -0.05) is 18.2 Å². The maximum atomic E-state index is 12.4. The van der Waals surface area contributed by atoms with Crippen molar-refractivity contribution in [2.24, 2.45) is 0 Å². The standard InChI is InChI=1S/C19H18N2O7/c1-3-26-18(24)15-10(2)20-19(25)21-13(15)9-27-16(22)12-8-11-6-4-5-7-14(11)28-17(12)23/h4-8,10H,3,9H2,1-2H3,(H2,20,21,25). The van der Waals surface area contributed by atoms with Crippen LogP contribution in [0, 0.1) is 0 Å². The summed E-state index contributed by atoms with van der Waals surface area (Å²) in [5, 5.41) is 5.53. The minimum atomic E-state index is -0.935. The molecule has 2 aromatic rings. The van der Waals surface area contributed by atoms with Crippen LogP contribution in [0.4, 0.5) is 4.79 Å². The summed E-state index contributed by atoms with van der Waals surface area (Å²) in [5.41, 5.74) is -0.555. The van der Waals surface area contributed by atoms with Crippen LogP contribution in [0.15, 0.2) is 50.8 Å². The number of amides is 2. The van der Waals surface area contributed by atoms with Gasteiger partial charge < -0.3 is 24.5 Å². The zero-order chi connectivity index (χ0) is 20.3. The zero-order valence-electron chi connectivity index (χ0n) is 15.2. The Kier molecular flexibility index (Phi) is 5.44. The SMILES string of the molecule is CCOC(=O)C1=C(COC(=O)c2cc3ccccc3oc2=O)NC(=O)NC1C. The number of hydrogen-bond donors (Lipinski definition) is 2. The van der Waals surface area contributed by atoms with E-state index in [4.69, 9.17) is 13.9 Å². The van der Waals surface area contributed by atoms with Crippen LogP contribution in [0.5, 0.6) is 0 Å². The molecule has 2 heterocycles. The molecule has 0 spiro atoms. The molecule has 146 valence electrons. The average molecular weight is 386 g/mol. The molecule has 2 amide bonds. The van der Waals surface area contributed by atoms with Gasteiger partial charge in [-0.3, -0.25) is 0 Å². The van der Waals surface area contributed by atoms with Gasteiger partial charge in [0.2, 0.25) is 0 Å². The quantitative estimate of drug-likeness (QED) is 0.589. The summed E-state index contributed by atoms with van der Waals surface area (Å²) in [6.45, 7) is 2.98. The first-order chi connectivity index (χ1) is 13.4. The van der Waals surface area contributed by atoms with E-state index in [0.29, 0.717) is 11.0 Å². The number of fused-ring (bicyclic) bond motifs is 1. The van der Waals surface area contributed by atoms with Crippen LogP contribution in [-0.4, -0.2) is 37.2 Å². The van der Waals surface area contributed by atoms with Gasteiger partial charge >= 0.3 is 23.6 Å². The topological polar surface area (TPSA) is 124 Å². The van der Waals surface area contributed by atoms with Crippen molar-refractivity contribution in [3.8, 4) is 0 Å². The van der Waals surface area contributed by atoms with Crippen molar-refractivity contribution >= 4 is 28.9 Å². The third kappa shape index (κ3) is 3.88. The van der Waals surface area contributed by atoms with Crippen LogP contribution >= 0.6 is 0 Å². The Labute approximate surface area is 159 Å². The smallest absolute Gasteiger partial charge is 0.351 e. The van der Waals surface area contributed by atoms with Crippen molar-refractivity contribution in [2.45, 2.75) is 19.9 Å². The summed E-state index contributed by atoms with van der Waals surface area (Å²) in [4.78, 5) is 48.3. The molecule has 0 radical (unpaired) electrons. The second kappa shape index (κ2) is 7.95. The van der Waals surface area contributed by atoms with Crippen LogP contribution < -0.4 is 16.3 Å². The number of hydrogen-bond acceptors (Lipinski definition) is 7. The van der Waals surface area contributed by atoms with E-state index in [1.165, 1.54) is 6.07 Å². The molecule has 1 aromatic heterocycles. The lowest BCUT2D eigenvalue weighted by atomic mass is 10.0. The van der Waals surface area contributed by atoms with Gasteiger partial charge in [0.25, 0.3) is 0 Å². The maximum absolute atomic E-state index is 12.4. The Morgan fingerprint density at radius 1 is 1.14 bits per heavy atom. The second-order valence-electron chi connectivity index (χ2n) is 5.99. The lowest BCUT2D eigenvalue weighted by Crippen LogP contribution is -2.50. The first kappa shape index (κ1) is 19.2. The van der Waals surface area contributed by atoms with Gasteiger partial charge in [0.05, 0.1) is 23.9 Å². The molecular formula is C19H18N2O7. The predicted octanol–water partition coefficient (Wildman–Crippen LogP) is 1.47. The van der Waals surface area contributed by atoms with E-state index in [9.17, 15) is 19.2 Å². The molecule has 0 saturated heterocycles. The van der Waals surface area contributed by atoms with Crippen LogP contribution in [-0.2, 0) is 14.3 Å². The van der Waals surface area contributed by atoms with E-state index in [-0.39, 0.29) is 23.4 Å². The summed E-state index contributed by atoms with van der Waals surface area (Å²) in [7, 11) is 0. The summed E-state index contributed by atoms with van der Waals surface area (Å²) in [5.74, 6) is -1.57. The summed E-state index contributed by atoms with van der Waals surface area (Å²) >= 11 is 0. The van der Waals surface area contributed by atoms with Gasteiger partial charge in [-0.25, -0.2) is 19.2 Å². The Balaban J connectivity index is 1.85. The molecule has 0 bridgehead atoms. The van der Waals surface area contributed by atoms with Crippen LogP contribution in [0.3, 0.4) is 0 Å². The number of para-hydroxylation sites is 1. The highest BCUT2D eigenvalue weighted by atomic mass is 16.5. The molecule has 2 N–H and O–H groups in total. The molecule has 0 fully saturated rings. The summed E-state index contributed by atoms with van der Waals surface area (Å²) < 4.78 is 15.2. The molecule has 9 heteroatoms. The van der Waals surface area contributed by atoms with Crippen LogP contribution in [0.1, 0.15) is 24.2 Å². The number of urea groups is 1. The zero-order valence-corrected chi connectivity index (χ0v) is 15.2. The number of esters is 2. The first-order valence-electron chi connectivity index (χ1n) is 8.58. The first-order valence-corrected chi connectivity index (χ1v) is 8.58. The number of ether oxygens (including phenoxy) is 2. The van der Waals surface area contributed by atoms with Crippen molar-refractivity contribution in [1.82, 2.24) is 10.6 Å². The van der Waals surface area contributed by atoms with Gasteiger partial charge in [0, 0.05) is 5.39 Å². The summed E-state index contributed by atoms with van der Waals surface area (Å²) in [6.07, 6.45) is 0. The fourth-order valence-electron chi connectivity index (χ4n) is 2.81. The second-order valence-corrected chi connectivity index (χ2v) is 5.99. The molecule has 0 aliphatic carbocycles. The summed E-state index contributed by atoms with van der Waals surface area (Å²) in [6, 6.07) is 6.92. The average Bonchev–Trinajstić information content (AvgIpc) is 2.65. The number of carbonyl (C=O) groups excluding carboxylic acids is 3. The van der Waals surface area contributed by atoms with E-state index in [2.05, 4.69) is 10.6 Å². The van der Waals surface area contributed by atoms with Crippen LogP contribution in [0.25, 0.3) is 11.0 Å². The van der Waals surface area contributed by atoms with Crippen molar-refractivity contribution in [3.05, 3.63) is 57.6 Å². The van der Waals surface area contributed by atoms with E-state index < -0.39 is 36.2 Å². The van der Waals surface area contributed by atoms with Crippen molar-refractivity contribution in [1.29, 1.82) is 0 Å². The lowest BCUT2D eigenvalue weighted by Gasteiger charge is -2.26. The molecule has 1 aliphatic heterocycles. The Morgan fingerprint density at radius 2 is 1.89 bits per heavy atom. The number of rotatable bonds is 5. The molecular weight excluding hydrogens is 368 g/mol. The molecule has 1 atom stereocenters. The molecule has 1 aliphatic rings. The normalized spacial score (nSPS) is 16.4. The Bertz CT molecular complexity index is 1040. The minimum absolute atomic E-state index is 0.0910. The molecule has 1 aromatic carbocycles. The van der Waals surface area contributed by atoms with Crippen molar-refractivity contribution in [2.75, 3.05) is 13.2 Å². The Morgan fingerprint density at radius 3 is 2.64 bits per heavy atom. The number of carbonyl (C=O) groups is 3. The van der Waals surface area contributed by atoms with Gasteiger partial charge in [-0.15, -0.1) is 0 Å². The minimum Gasteiger partial charge on any atom is -0.463 e. The molecule has 0 saturated carbocycles. The molecule has 1 unspecified atom stereocenters. The molecule has 9 nitrogen and oxygen atoms in total. The van der Waals surface area contributed by atoms with E-state index in [1.807, 2.05) is 0 Å². The van der Waals surface area contributed by atoms with E-state index in [0.717, 1.165) is 0 Å². The van der Waals surface area contributed by atoms with Gasteiger partial charge in [0.15, 0.2) is 0 Å². The van der Waals surface area contributed by atoms with Gasteiger partial charge in [0.1, 0.15) is 17.8 Å². The monoisotopic (exact) mass is 386 g/mol. The third-order valence-corrected chi connectivity index (χ3v) is 4.07. The molecule has 3 rings (SSSR count). The van der Waals surface area contributed by atoms with E-state index >= 15 is 0 Å².